The van der Waals surface area contributed by atoms with E-state index in [2.05, 4.69) is 40.2 Å². The van der Waals surface area contributed by atoms with Gasteiger partial charge in [0, 0.05) is 135 Å². The molecule has 0 saturated carbocycles. The Kier molecular flexibility index (Phi) is 33.8. The van der Waals surface area contributed by atoms with Crippen molar-refractivity contribution in [3.8, 4) is 0 Å². The topological polar surface area (TPSA) is 450 Å². The minimum absolute atomic E-state index is 0.0247. The zero-order valence-electron chi connectivity index (χ0n) is 63.7. The van der Waals surface area contributed by atoms with Crippen molar-refractivity contribution in [2.75, 3.05) is 111 Å². The van der Waals surface area contributed by atoms with Gasteiger partial charge in [-0.2, -0.15) is 9.98 Å². The second-order valence-corrected chi connectivity index (χ2v) is 30.8. The first-order chi connectivity index (χ1) is 55.5. The minimum atomic E-state index is -0.790. The number of amides is 5. The third-order valence-corrected chi connectivity index (χ3v) is 21.4. The minimum Gasteiger partial charge on any atom is -0.398 e. The largest absolute Gasteiger partial charge is 0.398 e. The molecular weight excluding hydrogens is 1530 g/mol. The summed E-state index contributed by atoms with van der Waals surface area (Å²) in [5.74, 6) is -2.50. The highest BCUT2D eigenvalue weighted by Crippen LogP contribution is 2.31. The van der Waals surface area contributed by atoms with Gasteiger partial charge in [0.2, 0.25) is 0 Å². The number of ether oxygens (including phenoxy) is 1. The second kappa shape index (κ2) is 44.6. The van der Waals surface area contributed by atoms with E-state index in [-0.39, 0.29) is 69.8 Å². The van der Waals surface area contributed by atoms with Gasteiger partial charge in [0.15, 0.2) is 20.7 Å². The van der Waals surface area contributed by atoms with Gasteiger partial charge in [-0.1, -0.05) is 127 Å². The number of carbonyl (C=O) groups is 5. The van der Waals surface area contributed by atoms with Gasteiger partial charge in [0.1, 0.15) is 25.7 Å². The summed E-state index contributed by atoms with van der Waals surface area (Å²) in [7, 11) is 1.75. The monoisotopic (exact) mass is 1630 g/mol. The van der Waals surface area contributed by atoms with Crippen LogP contribution in [0.5, 0.6) is 0 Å². The van der Waals surface area contributed by atoms with E-state index in [1.165, 1.54) is 18.6 Å². The van der Waals surface area contributed by atoms with Crippen molar-refractivity contribution < 1.29 is 33.6 Å². The summed E-state index contributed by atoms with van der Waals surface area (Å²) in [6.07, 6.45) is 10.1. The van der Waals surface area contributed by atoms with Gasteiger partial charge in [0.25, 0.3) is 35.2 Å². The molecule has 0 atom stereocenters. The quantitative estimate of drug-likeness (QED) is 0.0132. The highest BCUT2D eigenvalue weighted by atomic mass is 32.2. The zero-order valence-corrected chi connectivity index (χ0v) is 67.0. The number of nitrogens with one attached hydrogen (secondary N) is 8. The van der Waals surface area contributed by atoms with Crippen molar-refractivity contribution >= 4 is 152 Å². The SMILES string of the molecule is CN(CCN1CCOCC1)C(=O)c1cccc(C(=O)Nc2ccc(N3CCCCC3)cc2C(=O)NC(=N)SC(=N)c2ccccc2)c1.N=C(N)SC(=N)c1ccccc1.N=C(SC(N)=NC(=O)c1cc(N2CCCCC2)ccc1N)c1ccccc1.N=C(SC(N)=NC(=O)c1cc(N2CCCCC2)ccc1[N+](=O)[O-])c1ccccc1. The van der Waals surface area contributed by atoms with Crippen LogP contribution in [0.15, 0.2) is 210 Å². The summed E-state index contributed by atoms with van der Waals surface area (Å²) in [6.45, 7) is 9.76. The molecule has 4 fully saturated rings. The lowest BCUT2D eigenvalue weighted by Gasteiger charge is -2.29. The maximum Gasteiger partial charge on any atom is 0.286 e. The summed E-state index contributed by atoms with van der Waals surface area (Å²) in [6, 6.07) is 58.1. The zero-order chi connectivity index (χ0) is 82.2. The molecule has 16 N–H and O–H groups in total. The van der Waals surface area contributed by atoms with Crippen LogP contribution >= 0.6 is 47.0 Å². The first kappa shape index (κ1) is 87.2. The van der Waals surface area contributed by atoms with Gasteiger partial charge in [0.05, 0.1) is 35.0 Å². The molecule has 32 heteroatoms. The Morgan fingerprint density at radius 3 is 1.33 bits per heavy atom. The Hall–Kier alpha value is -11.8. The van der Waals surface area contributed by atoms with Crippen LogP contribution < -0.4 is 48.3 Å². The average molecular weight is 1630 g/mol. The van der Waals surface area contributed by atoms with Crippen LogP contribution in [0.25, 0.3) is 0 Å². The van der Waals surface area contributed by atoms with Gasteiger partial charge >= 0.3 is 0 Å². The third kappa shape index (κ3) is 27.2. The standard InChI is InChI=1S/C35H41N7O4S.C20H21N5O3S.C20H23N5OS.C8H9N3S/c1-40(17-18-41-19-21-46-22-20-41)34(45)27-12-8-11-26(23-27)32(43)38-30-14-13-28(42-15-6-3-7-16-42)24-29(30)33(44)39-35(37)47-31(36)25-9-4-2-5-10-25;21-18(14-7-3-1-4-8-14)29-20(22)23-19(26)16-13-15(9-10-17(16)25(27)28)24-11-5-2-6-12-24;21-17-10-9-15(25-11-5-2-6-12-25)13-16(17)19(26)24-20(23)27-18(22)14-7-3-1-4-8-14;9-7(12-8(10)11)6-4-2-1-3-5-6/h2,4-5,8-14,23-24,36H,3,6-7,15-22H2,1H3,(H,38,43)(H2,37,39,44);1,3-4,7-10,13,21H,2,5-6,11-12H2,(H2,22,23,26);1,3-4,7-10,13,22H,2,5-6,11-12,21H2,(H2,23,24,26);1-5,9H,(H3,10,11). The summed E-state index contributed by atoms with van der Waals surface area (Å²) in [5, 5.41) is 64.6. The summed E-state index contributed by atoms with van der Waals surface area (Å²) < 4.78 is 5.40. The molecule has 0 unspecified atom stereocenters. The fraction of sp³-hybridized carbons (Fsp3) is 0.265. The molecule has 4 saturated heterocycles. The average Bonchev–Trinajstić information content (AvgIpc) is 0.816. The summed E-state index contributed by atoms with van der Waals surface area (Å²) in [4.78, 5) is 94.5. The number of amidine groups is 4. The number of piperidine rings is 3. The molecule has 28 nitrogen and oxygen atoms in total. The Labute approximate surface area is 685 Å². The number of rotatable bonds is 17. The molecule has 0 aliphatic carbocycles. The molecular formula is C83H94N20O8S4. The molecule has 115 heavy (non-hydrogen) atoms. The van der Waals surface area contributed by atoms with E-state index in [0.29, 0.717) is 52.7 Å². The number of nitro groups is 1. The molecule has 4 aliphatic rings. The number of morpholine rings is 1. The Morgan fingerprint density at radius 2 is 0.870 bits per heavy atom. The number of nitrogens with two attached hydrogens (primary N) is 4. The van der Waals surface area contributed by atoms with Crippen LogP contribution in [0.3, 0.4) is 0 Å². The predicted octanol–water partition coefficient (Wildman–Crippen LogP) is 13.7. The van der Waals surface area contributed by atoms with E-state index < -0.39 is 28.6 Å². The number of hydrogen-bond acceptors (Lipinski definition) is 23. The number of aliphatic imine (C=N–C) groups is 2. The Bertz CT molecular complexity index is 4850. The number of likely N-dealkylation sites (N-methyl/N-ethyl adjacent to an activating group) is 1. The molecule has 4 heterocycles. The summed E-state index contributed by atoms with van der Waals surface area (Å²) >= 11 is 3.57. The first-order valence-corrected chi connectivity index (χ1v) is 40.6. The Morgan fingerprint density at radius 1 is 0.470 bits per heavy atom. The number of hydrogen-bond donors (Lipinski definition) is 12. The van der Waals surface area contributed by atoms with E-state index in [0.717, 1.165) is 186 Å². The number of anilines is 5. The fourth-order valence-electron chi connectivity index (χ4n) is 12.5. The number of nitrogens with zero attached hydrogens (tertiary/aromatic N) is 8. The van der Waals surface area contributed by atoms with E-state index in [9.17, 15) is 34.1 Å². The molecule has 0 spiro atoms. The molecule has 12 rings (SSSR count). The normalized spacial score (nSPS) is 14.3. The first-order valence-electron chi connectivity index (χ1n) is 37.3. The van der Waals surface area contributed by atoms with Gasteiger partial charge in [-0.05, 0) is 172 Å². The predicted molar refractivity (Wildman–Crippen MR) is 470 cm³/mol. The molecule has 0 radical (unpaired) electrons. The van der Waals surface area contributed by atoms with Gasteiger partial charge < -0.3 is 57.9 Å². The molecule has 5 amide bonds. The second-order valence-electron chi connectivity index (χ2n) is 26.7. The van der Waals surface area contributed by atoms with E-state index in [4.69, 9.17) is 60.1 Å². The number of nitro benzene ring substituents is 1. The molecule has 0 aromatic heterocycles. The molecule has 8 aromatic carbocycles. The Balaban J connectivity index is 0.000000191. The number of carbonyl (C=O) groups excluding carboxylic acids is 5. The van der Waals surface area contributed by atoms with Gasteiger partial charge in [-0.25, -0.2) is 0 Å². The lowest BCUT2D eigenvalue weighted by molar-refractivity contribution is -0.385. The lowest BCUT2D eigenvalue weighted by atomic mass is 10.1. The van der Waals surface area contributed by atoms with Crippen LogP contribution in [0.4, 0.5) is 34.1 Å². The van der Waals surface area contributed by atoms with Crippen LogP contribution in [0.2, 0.25) is 0 Å². The highest BCUT2D eigenvalue weighted by Gasteiger charge is 2.26. The van der Waals surface area contributed by atoms with Crippen LogP contribution in [-0.2, 0) is 4.74 Å². The number of thioether (sulfide) groups is 4. The summed E-state index contributed by atoms with van der Waals surface area (Å²) in [5.41, 5.74) is 29.7. The molecule has 0 bridgehead atoms. The van der Waals surface area contributed by atoms with Gasteiger partial charge in [-0.15, -0.1) is 0 Å². The van der Waals surface area contributed by atoms with Crippen molar-refractivity contribution in [2.45, 2.75) is 57.8 Å². The van der Waals surface area contributed by atoms with Crippen LogP contribution in [0, 0.1) is 42.6 Å². The maximum atomic E-state index is 13.6. The number of nitrogen functional groups attached to an aromatic ring is 1. The van der Waals surface area contributed by atoms with E-state index in [1.807, 2.05) is 97.1 Å². The maximum absolute atomic E-state index is 13.6. The van der Waals surface area contributed by atoms with Crippen LogP contribution in [-0.4, -0.2) is 171 Å². The molecule has 598 valence electrons. The molecule has 4 aliphatic heterocycles. The number of benzene rings is 8. The van der Waals surface area contributed by atoms with Crippen molar-refractivity contribution in [1.29, 1.82) is 32.5 Å². The smallest absolute Gasteiger partial charge is 0.286 e. The third-order valence-electron chi connectivity index (χ3n) is 18.5. The highest BCUT2D eigenvalue weighted by molar-refractivity contribution is 8.27. The van der Waals surface area contributed by atoms with Crippen LogP contribution in [0.1, 0.15) is 132 Å². The van der Waals surface area contributed by atoms with E-state index in [1.54, 1.807) is 103 Å². The fourth-order valence-corrected chi connectivity index (χ4v) is 14.7. The van der Waals surface area contributed by atoms with Crippen molar-refractivity contribution in [3.05, 3.63) is 260 Å². The van der Waals surface area contributed by atoms with Crippen molar-refractivity contribution in [2.24, 2.45) is 27.2 Å². The van der Waals surface area contributed by atoms with Crippen molar-refractivity contribution in [1.82, 2.24) is 15.1 Å². The molecule has 8 aromatic rings. The van der Waals surface area contributed by atoms with Crippen molar-refractivity contribution in [3.63, 3.8) is 0 Å². The van der Waals surface area contributed by atoms with Gasteiger partial charge in [-0.3, -0.25) is 71.4 Å². The van der Waals surface area contributed by atoms with E-state index >= 15 is 0 Å². The lowest BCUT2D eigenvalue weighted by Crippen LogP contribution is -2.41.